The minimum Gasteiger partial charge on any atom is -0.508 e. The number of hydrogen-bond donors (Lipinski definition) is 2. The van der Waals surface area contributed by atoms with Crippen molar-refractivity contribution in [3.63, 3.8) is 0 Å². The maximum Gasteiger partial charge on any atom is 0.120 e. The highest BCUT2D eigenvalue weighted by Crippen LogP contribution is 2.25. The highest BCUT2D eigenvalue weighted by atomic mass is 16.3. The molecule has 0 amide bonds. The average Bonchev–Trinajstić information content (AvgIpc) is 2.34. The standard InChI is InChI=1S/C16H19NO/c1-11-5-4-6-14(9-11)13(3)17-15-8-7-12(2)16(18)10-15/h4-10,13,17-18H,1-3H3. The van der Waals surface area contributed by atoms with Crippen molar-refractivity contribution in [3.8, 4) is 5.75 Å². The number of nitrogens with one attached hydrogen (secondary N) is 1. The van der Waals surface area contributed by atoms with Gasteiger partial charge in [0.15, 0.2) is 0 Å². The van der Waals surface area contributed by atoms with E-state index in [0.29, 0.717) is 5.75 Å². The van der Waals surface area contributed by atoms with Crippen molar-refractivity contribution in [1.29, 1.82) is 0 Å². The van der Waals surface area contributed by atoms with E-state index in [1.165, 1.54) is 11.1 Å². The third-order valence-electron chi connectivity index (χ3n) is 3.13. The highest BCUT2D eigenvalue weighted by Gasteiger charge is 2.06. The third kappa shape index (κ3) is 2.83. The molecule has 0 heterocycles. The van der Waals surface area contributed by atoms with Gasteiger partial charge in [0.25, 0.3) is 0 Å². The summed E-state index contributed by atoms with van der Waals surface area (Å²) in [6, 6.07) is 14.3. The largest absolute Gasteiger partial charge is 0.508 e. The molecule has 2 nitrogen and oxygen atoms in total. The lowest BCUT2D eigenvalue weighted by Gasteiger charge is -2.16. The fourth-order valence-electron chi connectivity index (χ4n) is 1.97. The topological polar surface area (TPSA) is 32.3 Å². The number of hydrogen-bond acceptors (Lipinski definition) is 2. The van der Waals surface area contributed by atoms with Gasteiger partial charge in [-0.05, 0) is 38.0 Å². The molecular weight excluding hydrogens is 222 g/mol. The summed E-state index contributed by atoms with van der Waals surface area (Å²) >= 11 is 0. The monoisotopic (exact) mass is 241 g/mol. The molecule has 0 spiro atoms. The van der Waals surface area contributed by atoms with Gasteiger partial charge in [0.05, 0.1) is 0 Å². The van der Waals surface area contributed by atoms with Gasteiger partial charge in [-0.15, -0.1) is 0 Å². The van der Waals surface area contributed by atoms with Crippen LogP contribution in [0.25, 0.3) is 0 Å². The predicted octanol–water partition coefficient (Wildman–Crippen LogP) is 4.18. The van der Waals surface area contributed by atoms with Crippen LogP contribution in [0.2, 0.25) is 0 Å². The summed E-state index contributed by atoms with van der Waals surface area (Å²) in [5.41, 5.74) is 4.33. The van der Waals surface area contributed by atoms with Crippen molar-refractivity contribution in [1.82, 2.24) is 0 Å². The summed E-state index contributed by atoms with van der Waals surface area (Å²) in [6.45, 7) is 6.10. The lowest BCUT2D eigenvalue weighted by molar-refractivity contribution is 0.471. The van der Waals surface area contributed by atoms with Gasteiger partial charge in [0, 0.05) is 17.8 Å². The molecule has 0 aliphatic carbocycles. The molecule has 2 aromatic carbocycles. The van der Waals surface area contributed by atoms with Gasteiger partial charge < -0.3 is 10.4 Å². The van der Waals surface area contributed by atoms with Crippen LogP contribution in [-0.2, 0) is 0 Å². The first-order valence-corrected chi connectivity index (χ1v) is 6.19. The first-order chi connectivity index (χ1) is 8.56. The highest BCUT2D eigenvalue weighted by molar-refractivity contribution is 5.52. The Hall–Kier alpha value is -1.96. The van der Waals surface area contributed by atoms with Crippen LogP contribution in [0, 0.1) is 13.8 Å². The minimum absolute atomic E-state index is 0.215. The normalized spacial score (nSPS) is 12.2. The van der Waals surface area contributed by atoms with Gasteiger partial charge in [-0.2, -0.15) is 0 Å². The molecule has 2 N–H and O–H groups in total. The number of aryl methyl sites for hydroxylation is 2. The zero-order valence-corrected chi connectivity index (χ0v) is 11.1. The van der Waals surface area contributed by atoms with E-state index >= 15 is 0 Å². The Bertz CT molecular complexity index is 549. The zero-order chi connectivity index (χ0) is 13.1. The van der Waals surface area contributed by atoms with E-state index in [1.807, 2.05) is 19.1 Å². The molecule has 0 radical (unpaired) electrons. The molecule has 2 aromatic rings. The second-order valence-electron chi connectivity index (χ2n) is 4.78. The molecule has 94 valence electrons. The maximum absolute atomic E-state index is 9.69. The average molecular weight is 241 g/mol. The van der Waals surface area contributed by atoms with Crippen LogP contribution in [0.4, 0.5) is 5.69 Å². The van der Waals surface area contributed by atoms with Gasteiger partial charge in [0.1, 0.15) is 5.75 Å². The van der Waals surface area contributed by atoms with Crippen LogP contribution in [0.3, 0.4) is 0 Å². The Morgan fingerprint density at radius 3 is 2.50 bits per heavy atom. The SMILES string of the molecule is Cc1cccc(C(C)Nc2ccc(C)c(O)c2)c1. The van der Waals surface area contributed by atoms with Crippen LogP contribution in [0.1, 0.15) is 29.7 Å². The quantitative estimate of drug-likeness (QED) is 0.844. The van der Waals surface area contributed by atoms with Crippen LogP contribution in [0.5, 0.6) is 5.75 Å². The van der Waals surface area contributed by atoms with Crippen LogP contribution >= 0.6 is 0 Å². The molecule has 0 saturated carbocycles. The first kappa shape index (κ1) is 12.5. The van der Waals surface area contributed by atoms with Gasteiger partial charge >= 0.3 is 0 Å². The van der Waals surface area contributed by atoms with E-state index in [0.717, 1.165) is 11.3 Å². The Labute approximate surface area is 108 Å². The van der Waals surface area contributed by atoms with E-state index in [4.69, 9.17) is 0 Å². The molecule has 0 saturated heterocycles. The second-order valence-corrected chi connectivity index (χ2v) is 4.78. The third-order valence-corrected chi connectivity index (χ3v) is 3.13. The molecule has 2 heteroatoms. The van der Waals surface area contributed by atoms with Crippen molar-refractivity contribution < 1.29 is 5.11 Å². The Balaban J connectivity index is 2.16. The lowest BCUT2D eigenvalue weighted by atomic mass is 10.1. The number of anilines is 1. The second kappa shape index (κ2) is 5.13. The van der Waals surface area contributed by atoms with E-state index < -0.39 is 0 Å². The summed E-state index contributed by atoms with van der Waals surface area (Å²) in [7, 11) is 0. The molecule has 1 unspecified atom stereocenters. The lowest BCUT2D eigenvalue weighted by Crippen LogP contribution is -2.06. The molecular formula is C16H19NO. The number of phenols is 1. The van der Waals surface area contributed by atoms with Gasteiger partial charge in [0.2, 0.25) is 0 Å². The smallest absolute Gasteiger partial charge is 0.120 e. The fraction of sp³-hybridized carbons (Fsp3) is 0.250. The van der Waals surface area contributed by atoms with E-state index in [1.54, 1.807) is 6.07 Å². The maximum atomic E-state index is 9.69. The number of aromatic hydroxyl groups is 1. The van der Waals surface area contributed by atoms with Crippen LogP contribution in [0.15, 0.2) is 42.5 Å². The van der Waals surface area contributed by atoms with Crippen molar-refractivity contribution in [3.05, 3.63) is 59.2 Å². The first-order valence-electron chi connectivity index (χ1n) is 6.19. The van der Waals surface area contributed by atoms with Crippen molar-refractivity contribution >= 4 is 5.69 Å². The van der Waals surface area contributed by atoms with E-state index in [2.05, 4.69) is 43.4 Å². The minimum atomic E-state index is 0.215. The molecule has 0 fully saturated rings. The fourth-order valence-corrected chi connectivity index (χ4v) is 1.97. The zero-order valence-electron chi connectivity index (χ0n) is 11.1. The summed E-state index contributed by atoms with van der Waals surface area (Å²) < 4.78 is 0. The Morgan fingerprint density at radius 2 is 1.83 bits per heavy atom. The predicted molar refractivity (Wildman–Crippen MR) is 76.1 cm³/mol. The van der Waals surface area contributed by atoms with Gasteiger partial charge in [-0.1, -0.05) is 35.9 Å². The van der Waals surface area contributed by atoms with Gasteiger partial charge in [-0.3, -0.25) is 0 Å². The van der Waals surface area contributed by atoms with Crippen LogP contribution < -0.4 is 5.32 Å². The van der Waals surface area contributed by atoms with Gasteiger partial charge in [-0.25, -0.2) is 0 Å². The Morgan fingerprint density at radius 1 is 1.06 bits per heavy atom. The molecule has 2 rings (SSSR count). The summed E-state index contributed by atoms with van der Waals surface area (Å²) in [6.07, 6.45) is 0. The molecule has 1 atom stereocenters. The van der Waals surface area contributed by atoms with E-state index in [-0.39, 0.29) is 6.04 Å². The molecule has 0 aromatic heterocycles. The summed E-state index contributed by atoms with van der Waals surface area (Å²) in [4.78, 5) is 0. The molecule has 0 aliphatic heterocycles. The van der Waals surface area contributed by atoms with E-state index in [9.17, 15) is 5.11 Å². The molecule has 0 bridgehead atoms. The summed E-state index contributed by atoms with van der Waals surface area (Å²) in [5.74, 6) is 0.330. The van der Waals surface area contributed by atoms with Crippen LogP contribution in [-0.4, -0.2) is 5.11 Å². The van der Waals surface area contributed by atoms with Crippen molar-refractivity contribution in [2.75, 3.05) is 5.32 Å². The summed E-state index contributed by atoms with van der Waals surface area (Å²) in [5, 5.41) is 13.1. The molecule has 0 aliphatic rings. The van der Waals surface area contributed by atoms with Crippen molar-refractivity contribution in [2.45, 2.75) is 26.8 Å². The molecule has 18 heavy (non-hydrogen) atoms. The number of benzene rings is 2. The van der Waals surface area contributed by atoms with Crippen molar-refractivity contribution in [2.24, 2.45) is 0 Å². The number of phenolic OH excluding ortho intramolecular Hbond substituents is 1. The number of rotatable bonds is 3. The Kier molecular flexibility index (Phi) is 3.56.